The van der Waals surface area contributed by atoms with Crippen molar-refractivity contribution in [1.82, 2.24) is 4.90 Å². The average molecular weight is 477 g/mol. The second-order valence-electron chi connectivity index (χ2n) is 7.54. The minimum Gasteiger partial charge on any atom is -0.375 e. The van der Waals surface area contributed by atoms with E-state index in [4.69, 9.17) is 16.3 Å². The molecule has 31 heavy (non-hydrogen) atoms. The van der Waals surface area contributed by atoms with Gasteiger partial charge >= 0.3 is 6.18 Å². The summed E-state index contributed by atoms with van der Waals surface area (Å²) in [5.41, 5.74) is 1.90. The van der Waals surface area contributed by atoms with E-state index in [1.165, 1.54) is 6.07 Å². The van der Waals surface area contributed by atoms with E-state index in [2.05, 4.69) is 4.90 Å². The number of rotatable bonds is 7. The number of hydrogen-bond donors (Lipinski definition) is 0. The topological polar surface area (TPSA) is 15.7 Å². The Labute approximate surface area is 189 Å². The van der Waals surface area contributed by atoms with Crippen molar-refractivity contribution in [3.8, 4) is 0 Å². The van der Waals surface area contributed by atoms with Crippen molar-refractivity contribution in [2.75, 3.05) is 50.5 Å². The molecule has 9 heteroatoms. The Kier molecular flexibility index (Phi) is 8.13. The van der Waals surface area contributed by atoms with Crippen LogP contribution in [0.15, 0.2) is 41.3 Å². The van der Waals surface area contributed by atoms with E-state index in [1.807, 2.05) is 29.2 Å². The third-order valence-corrected chi connectivity index (χ3v) is 6.77. The molecule has 1 aliphatic rings. The smallest absolute Gasteiger partial charge is 0.375 e. The molecule has 0 spiro atoms. The van der Waals surface area contributed by atoms with Gasteiger partial charge < -0.3 is 9.64 Å². The molecule has 1 atom stereocenters. The van der Waals surface area contributed by atoms with Crippen molar-refractivity contribution in [3.63, 3.8) is 0 Å². The molecule has 3 rings (SSSR count). The molecular weight excluding hydrogens is 452 g/mol. The summed E-state index contributed by atoms with van der Waals surface area (Å²) < 4.78 is 58.0. The Morgan fingerprint density at radius 3 is 2.32 bits per heavy atom. The molecule has 2 aromatic rings. The normalized spacial score (nSPS) is 16.5. The first-order valence-corrected chi connectivity index (χ1v) is 11.3. The Balaban J connectivity index is 1.62. The van der Waals surface area contributed by atoms with Crippen LogP contribution >= 0.6 is 23.4 Å². The Morgan fingerprint density at radius 1 is 1.10 bits per heavy atom. The van der Waals surface area contributed by atoms with Gasteiger partial charge in [0.25, 0.3) is 0 Å². The molecule has 3 nitrogen and oxygen atoms in total. The van der Waals surface area contributed by atoms with Crippen LogP contribution in [0.4, 0.5) is 23.2 Å². The van der Waals surface area contributed by atoms with Gasteiger partial charge in [0.2, 0.25) is 0 Å². The summed E-state index contributed by atoms with van der Waals surface area (Å²) in [4.78, 5) is 4.59. The summed E-state index contributed by atoms with van der Waals surface area (Å²) in [6.07, 6.45) is -4.37. The second kappa shape index (κ2) is 10.4. The number of piperazine rings is 1. The van der Waals surface area contributed by atoms with Gasteiger partial charge in [-0.3, -0.25) is 4.90 Å². The van der Waals surface area contributed by atoms with Crippen LogP contribution < -0.4 is 4.90 Å². The quantitative estimate of drug-likeness (QED) is 0.362. The maximum Gasteiger partial charge on any atom is 0.398 e. The maximum absolute atomic E-state index is 14.6. The van der Waals surface area contributed by atoms with Gasteiger partial charge in [-0.2, -0.15) is 13.2 Å². The number of aryl methyl sites for hydroxylation is 1. The summed E-state index contributed by atoms with van der Waals surface area (Å²) in [5, 5.41) is 0.667. The molecular formula is C22H25ClF4N2OS. The molecule has 0 bridgehead atoms. The molecule has 1 fully saturated rings. The van der Waals surface area contributed by atoms with E-state index in [9.17, 15) is 17.6 Å². The SMILES string of the molecule is COC(CN1CCN(c2cc(SCC(F)(F)F)c(C)cc2F)CC1)c1ccc(Cl)cc1. The first-order valence-electron chi connectivity index (χ1n) is 9.91. The summed E-state index contributed by atoms with van der Waals surface area (Å²) in [5.74, 6) is -1.39. The first-order chi connectivity index (χ1) is 14.7. The van der Waals surface area contributed by atoms with Crippen LogP contribution in [0, 0.1) is 12.7 Å². The van der Waals surface area contributed by atoms with Gasteiger partial charge in [0, 0.05) is 49.8 Å². The van der Waals surface area contributed by atoms with Crippen molar-refractivity contribution in [2.45, 2.75) is 24.1 Å². The second-order valence-corrected chi connectivity index (χ2v) is 8.99. The van der Waals surface area contributed by atoms with Crippen molar-refractivity contribution >= 4 is 29.1 Å². The van der Waals surface area contributed by atoms with Gasteiger partial charge in [-0.05, 0) is 42.3 Å². The van der Waals surface area contributed by atoms with Crippen molar-refractivity contribution < 1.29 is 22.3 Å². The molecule has 2 aromatic carbocycles. The minimum atomic E-state index is -4.26. The first kappa shape index (κ1) is 24.2. The van der Waals surface area contributed by atoms with Crippen LogP contribution in [0.2, 0.25) is 5.02 Å². The molecule has 1 unspecified atom stereocenters. The zero-order chi connectivity index (χ0) is 22.6. The lowest BCUT2D eigenvalue weighted by molar-refractivity contribution is -0.105. The molecule has 0 amide bonds. The number of nitrogens with zero attached hydrogens (tertiary/aromatic N) is 2. The number of ether oxygens (including phenoxy) is 1. The predicted octanol–water partition coefficient (Wildman–Crippen LogP) is 5.95. The highest BCUT2D eigenvalue weighted by Crippen LogP contribution is 2.34. The van der Waals surface area contributed by atoms with E-state index in [0.717, 1.165) is 5.56 Å². The van der Waals surface area contributed by atoms with E-state index >= 15 is 0 Å². The molecule has 0 aromatic heterocycles. The maximum atomic E-state index is 14.6. The molecule has 0 N–H and O–H groups in total. The zero-order valence-corrected chi connectivity index (χ0v) is 19.0. The van der Waals surface area contributed by atoms with Crippen LogP contribution in [0.25, 0.3) is 0 Å². The van der Waals surface area contributed by atoms with Gasteiger partial charge in [0.15, 0.2) is 0 Å². The van der Waals surface area contributed by atoms with Gasteiger partial charge in [-0.1, -0.05) is 23.7 Å². The number of thioether (sulfide) groups is 1. The van der Waals surface area contributed by atoms with E-state index in [0.29, 0.717) is 65.7 Å². The third kappa shape index (κ3) is 6.75. The molecule has 0 aliphatic carbocycles. The summed E-state index contributed by atoms with van der Waals surface area (Å²) in [6.45, 7) is 4.89. The Morgan fingerprint density at radius 2 is 1.74 bits per heavy atom. The van der Waals surface area contributed by atoms with Crippen LogP contribution in [0.3, 0.4) is 0 Å². The lowest BCUT2D eigenvalue weighted by atomic mass is 10.1. The van der Waals surface area contributed by atoms with Crippen molar-refractivity contribution in [2.24, 2.45) is 0 Å². The molecule has 170 valence electrons. The fourth-order valence-electron chi connectivity index (χ4n) is 3.60. The van der Waals surface area contributed by atoms with E-state index in [1.54, 1.807) is 20.1 Å². The lowest BCUT2D eigenvalue weighted by Gasteiger charge is -2.37. The number of halogens is 5. The van der Waals surface area contributed by atoms with Crippen LogP contribution in [0.5, 0.6) is 0 Å². The largest absolute Gasteiger partial charge is 0.398 e. The molecule has 0 saturated carbocycles. The van der Waals surface area contributed by atoms with Gasteiger partial charge in [-0.15, -0.1) is 11.8 Å². The van der Waals surface area contributed by atoms with Crippen LogP contribution in [-0.4, -0.2) is 56.7 Å². The predicted molar refractivity (Wildman–Crippen MR) is 118 cm³/mol. The Bertz CT molecular complexity index is 871. The third-order valence-electron chi connectivity index (χ3n) is 5.30. The Hall–Kier alpha value is -1.48. The highest BCUT2D eigenvalue weighted by atomic mass is 35.5. The number of anilines is 1. The standard InChI is InChI=1S/C22H25ClF4N2OS/c1-15-11-18(24)19(12-21(15)31-14-22(25,26)27)29-9-7-28(8-10-29)13-20(30-2)16-3-5-17(23)6-4-16/h3-6,11-12,20H,7-10,13-14H2,1-2H3. The molecule has 0 radical (unpaired) electrons. The van der Waals surface area contributed by atoms with Crippen molar-refractivity contribution in [1.29, 1.82) is 0 Å². The number of benzene rings is 2. The fourth-order valence-corrected chi connectivity index (χ4v) is 4.53. The lowest BCUT2D eigenvalue weighted by Crippen LogP contribution is -2.48. The van der Waals surface area contributed by atoms with Crippen LogP contribution in [-0.2, 0) is 4.74 Å². The van der Waals surface area contributed by atoms with Crippen LogP contribution in [0.1, 0.15) is 17.2 Å². The average Bonchev–Trinajstić information content (AvgIpc) is 2.72. The van der Waals surface area contributed by atoms with Gasteiger partial charge in [-0.25, -0.2) is 4.39 Å². The minimum absolute atomic E-state index is 0.106. The molecule has 1 aliphatic heterocycles. The summed E-state index contributed by atoms with van der Waals surface area (Å²) in [6, 6.07) is 10.4. The molecule has 1 saturated heterocycles. The number of methoxy groups -OCH3 is 1. The van der Waals surface area contributed by atoms with Crippen molar-refractivity contribution in [3.05, 3.63) is 58.4 Å². The fraction of sp³-hybridized carbons (Fsp3) is 0.455. The van der Waals surface area contributed by atoms with E-state index < -0.39 is 17.7 Å². The monoisotopic (exact) mass is 476 g/mol. The zero-order valence-electron chi connectivity index (χ0n) is 17.4. The summed E-state index contributed by atoms with van der Waals surface area (Å²) >= 11 is 6.65. The van der Waals surface area contributed by atoms with Gasteiger partial charge in [0.05, 0.1) is 17.5 Å². The van der Waals surface area contributed by atoms with E-state index in [-0.39, 0.29) is 6.10 Å². The highest BCUT2D eigenvalue weighted by Gasteiger charge is 2.28. The summed E-state index contributed by atoms with van der Waals surface area (Å²) in [7, 11) is 1.66. The number of alkyl halides is 3. The number of hydrogen-bond acceptors (Lipinski definition) is 4. The van der Waals surface area contributed by atoms with Gasteiger partial charge in [0.1, 0.15) is 5.82 Å². The molecule has 1 heterocycles. The highest BCUT2D eigenvalue weighted by molar-refractivity contribution is 7.99.